The van der Waals surface area contributed by atoms with Gasteiger partial charge in [-0.1, -0.05) is 35.3 Å². The molecule has 0 radical (unpaired) electrons. The summed E-state index contributed by atoms with van der Waals surface area (Å²) < 4.78 is 32.1. The first-order valence-corrected chi connectivity index (χ1v) is 10.7. The number of hydrogen-bond donors (Lipinski definition) is 1. The minimum absolute atomic E-state index is 0.00316. The van der Waals surface area contributed by atoms with Gasteiger partial charge in [0, 0.05) is 29.4 Å². The molecule has 0 heterocycles. The van der Waals surface area contributed by atoms with Crippen molar-refractivity contribution in [1.82, 2.24) is 4.31 Å². The van der Waals surface area contributed by atoms with E-state index in [1.54, 1.807) is 6.07 Å². The number of hydrogen-bond acceptors (Lipinski definition) is 4. The second kappa shape index (κ2) is 9.71. The van der Waals surface area contributed by atoms with Crippen LogP contribution in [0.5, 0.6) is 0 Å². The van der Waals surface area contributed by atoms with Crippen LogP contribution in [-0.2, 0) is 19.6 Å². The fourth-order valence-electron chi connectivity index (χ4n) is 2.54. The minimum Gasteiger partial charge on any atom is -0.383 e. The summed E-state index contributed by atoms with van der Waals surface area (Å²) in [5.74, 6) is -0.457. The van der Waals surface area contributed by atoms with E-state index in [9.17, 15) is 13.2 Å². The van der Waals surface area contributed by atoms with Crippen molar-refractivity contribution >= 4 is 44.8 Å². The van der Waals surface area contributed by atoms with E-state index < -0.39 is 15.9 Å². The lowest BCUT2D eigenvalue weighted by Gasteiger charge is -2.22. The minimum atomic E-state index is -4.00. The molecule has 0 aliphatic carbocycles. The highest BCUT2D eigenvalue weighted by atomic mass is 35.5. The summed E-state index contributed by atoms with van der Waals surface area (Å²) in [4.78, 5) is 12.5. The van der Waals surface area contributed by atoms with Gasteiger partial charge in [0.1, 0.15) is 0 Å². The van der Waals surface area contributed by atoms with Crippen molar-refractivity contribution < 1.29 is 17.9 Å². The summed E-state index contributed by atoms with van der Waals surface area (Å²) in [6, 6.07) is 9.56. The van der Waals surface area contributed by atoms with Gasteiger partial charge in [0.2, 0.25) is 15.9 Å². The first-order chi connectivity index (χ1) is 13.1. The molecule has 28 heavy (non-hydrogen) atoms. The average Bonchev–Trinajstić information content (AvgIpc) is 2.61. The van der Waals surface area contributed by atoms with Crippen molar-refractivity contribution in [2.45, 2.75) is 18.7 Å². The number of halogens is 2. The molecule has 6 nitrogen and oxygen atoms in total. The number of carbonyl (C=O) groups excluding carboxylic acids is 1. The Kier molecular flexibility index (Phi) is 7.86. The van der Waals surface area contributed by atoms with Crippen LogP contribution in [0.4, 0.5) is 5.69 Å². The van der Waals surface area contributed by atoms with Crippen LogP contribution in [-0.4, -0.2) is 45.4 Å². The second-order valence-corrected chi connectivity index (χ2v) is 9.04. The van der Waals surface area contributed by atoms with E-state index in [2.05, 4.69) is 5.32 Å². The highest BCUT2D eigenvalue weighted by molar-refractivity contribution is 7.89. The van der Waals surface area contributed by atoms with E-state index in [1.165, 1.54) is 25.3 Å². The van der Waals surface area contributed by atoms with E-state index in [-0.39, 0.29) is 34.6 Å². The first-order valence-electron chi connectivity index (χ1n) is 8.46. The molecule has 0 bridgehead atoms. The van der Waals surface area contributed by atoms with E-state index in [0.717, 1.165) is 15.4 Å². The first kappa shape index (κ1) is 22.6. The van der Waals surface area contributed by atoms with Gasteiger partial charge in [-0.3, -0.25) is 4.79 Å². The number of nitrogens with one attached hydrogen (secondary N) is 1. The van der Waals surface area contributed by atoms with Gasteiger partial charge in [-0.15, -0.1) is 0 Å². The number of sulfonamides is 1. The smallest absolute Gasteiger partial charge is 0.243 e. The molecule has 9 heteroatoms. The van der Waals surface area contributed by atoms with E-state index in [4.69, 9.17) is 27.9 Å². The molecule has 0 fully saturated rings. The van der Waals surface area contributed by atoms with E-state index >= 15 is 0 Å². The zero-order valence-electron chi connectivity index (χ0n) is 15.8. The predicted octanol–water partition coefficient (Wildman–Crippen LogP) is 3.89. The molecular formula is C19H22Cl2N2O4S. The number of benzene rings is 2. The van der Waals surface area contributed by atoms with Gasteiger partial charge in [-0.25, -0.2) is 8.42 Å². The van der Waals surface area contributed by atoms with Gasteiger partial charge in [0.25, 0.3) is 0 Å². The second-order valence-electron chi connectivity index (χ2n) is 6.23. The van der Waals surface area contributed by atoms with Crippen LogP contribution in [0.1, 0.15) is 11.1 Å². The standard InChI is InChI=1S/C19H22Cl2N2O4S/c1-13-5-4-6-18(14(13)2)22-19(24)12-23(7-8-27-3)28(25,26)17-10-15(20)9-16(21)11-17/h4-6,9-11H,7-8,12H2,1-3H3,(H,22,24). The number of amides is 1. The van der Waals surface area contributed by atoms with Gasteiger partial charge in [-0.2, -0.15) is 4.31 Å². The van der Waals surface area contributed by atoms with Gasteiger partial charge in [0.15, 0.2) is 0 Å². The number of aryl methyl sites for hydroxylation is 1. The number of ether oxygens (including phenoxy) is 1. The lowest BCUT2D eigenvalue weighted by atomic mass is 10.1. The third-order valence-corrected chi connectivity index (χ3v) is 6.48. The lowest BCUT2D eigenvalue weighted by Crippen LogP contribution is -2.40. The number of rotatable bonds is 8. The zero-order valence-corrected chi connectivity index (χ0v) is 18.2. The summed E-state index contributed by atoms with van der Waals surface area (Å²) in [6.07, 6.45) is 0. The molecule has 1 amide bonds. The highest BCUT2D eigenvalue weighted by Crippen LogP contribution is 2.25. The molecular weight excluding hydrogens is 423 g/mol. The quantitative estimate of drug-likeness (QED) is 0.669. The number of carbonyl (C=O) groups is 1. The zero-order chi connectivity index (χ0) is 20.9. The number of nitrogens with zero attached hydrogens (tertiary/aromatic N) is 1. The largest absolute Gasteiger partial charge is 0.383 e. The van der Waals surface area contributed by atoms with Crippen molar-refractivity contribution in [2.24, 2.45) is 0 Å². The van der Waals surface area contributed by atoms with Crippen LogP contribution < -0.4 is 5.32 Å². The normalized spacial score (nSPS) is 11.6. The Labute approximate surface area is 175 Å². The van der Waals surface area contributed by atoms with Crippen LogP contribution in [0.25, 0.3) is 0 Å². The molecule has 2 aromatic rings. The molecule has 0 unspecified atom stereocenters. The van der Waals surface area contributed by atoms with Crippen LogP contribution in [0, 0.1) is 13.8 Å². The molecule has 0 saturated carbocycles. The summed E-state index contributed by atoms with van der Waals surface area (Å²) >= 11 is 11.9. The SMILES string of the molecule is COCCN(CC(=O)Nc1cccc(C)c1C)S(=O)(=O)c1cc(Cl)cc(Cl)c1. The third-order valence-electron chi connectivity index (χ3n) is 4.22. The molecule has 2 aromatic carbocycles. The van der Waals surface area contributed by atoms with Crippen molar-refractivity contribution in [1.29, 1.82) is 0 Å². The summed E-state index contributed by atoms with van der Waals surface area (Å²) in [6.45, 7) is 3.58. The Balaban J connectivity index is 2.27. The summed E-state index contributed by atoms with van der Waals surface area (Å²) in [7, 11) is -2.54. The van der Waals surface area contributed by atoms with Crippen molar-refractivity contribution in [3.05, 3.63) is 57.6 Å². The van der Waals surface area contributed by atoms with Crippen LogP contribution in [0.3, 0.4) is 0 Å². The van der Waals surface area contributed by atoms with E-state index in [0.29, 0.717) is 5.69 Å². The van der Waals surface area contributed by atoms with Crippen molar-refractivity contribution in [3.8, 4) is 0 Å². The molecule has 0 aliphatic heterocycles. The van der Waals surface area contributed by atoms with Crippen LogP contribution in [0.2, 0.25) is 10.0 Å². The number of anilines is 1. The van der Waals surface area contributed by atoms with Gasteiger partial charge < -0.3 is 10.1 Å². The van der Waals surface area contributed by atoms with Gasteiger partial charge >= 0.3 is 0 Å². The Morgan fingerprint density at radius 2 is 1.79 bits per heavy atom. The van der Waals surface area contributed by atoms with Gasteiger partial charge in [-0.05, 0) is 49.2 Å². The predicted molar refractivity (Wildman–Crippen MR) is 112 cm³/mol. The third kappa shape index (κ3) is 5.68. The Morgan fingerprint density at radius 3 is 2.39 bits per heavy atom. The maximum absolute atomic E-state index is 13.0. The topological polar surface area (TPSA) is 75.7 Å². The molecule has 0 aromatic heterocycles. The summed E-state index contributed by atoms with van der Waals surface area (Å²) in [5.41, 5.74) is 2.58. The van der Waals surface area contributed by atoms with Crippen molar-refractivity contribution in [2.75, 3.05) is 32.1 Å². The molecule has 0 spiro atoms. The molecule has 0 atom stereocenters. The molecule has 152 valence electrons. The van der Waals surface area contributed by atoms with Crippen molar-refractivity contribution in [3.63, 3.8) is 0 Å². The Bertz CT molecular complexity index is 944. The lowest BCUT2D eigenvalue weighted by molar-refractivity contribution is -0.116. The fourth-order valence-corrected chi connectivity index (χ4v) is 4.65. The maximum Gasteiger partial charge on any atom is 0.243 e. The maximum atomic E-state index is 13.0. The van der Waals surface area contributed by atoms with Crippen LogP contribution in [0.15, 0.2) is 41.3 Å². The fraction of sp³-hybridized carbons (Fsp3) is 0.316. The van der Waals surface area contributed by atoms with E-state index in [1.807, 2.05) is 26.0 Å². The Morgan fingerprint density at radius 1 is 1.14 bits per heavy atom. The molecule has 0 saturated heterocycles. The monoisotopic (exact) mass is 444 g/mol. The van der Waals surface area contributed by atoms with Crippen LogP contribution >= 0.6 is 23.2 Å². The molecule has 2 rings (SSSR count). The Hall–Kier alpha value is -1.64. The van der Waals surface area contributed by atoms with Gasteiger partial charge in [0.05, 0.1) is 18.0 Å². The average molecular weight is 445 g/mol. The number of methoxy groups -OCH3 is 1. The highest BCUT2D eigenvalue weighted by Gasteiger charge is 2.27. The molecule has 1 N–H and O–H groups in total. The molecule has 0 aliphatic rings. The summed E-state index contributed by atoms with van der Waals surface area (Å²) in [5, 5.41) is 3.15.